The molecule has 3 aromatic carbocycles. The highest BCUT2D eigenvalue weighted by Gasteiger charge is 2.10. The lowest BCUT2D eigenvalue weighted by atomic mass is 9.94. The SMILES string of the molecule is CS.NC(c1ccccc1)c1cccc2ccccc12. The van der Waals surface area contributed by atoms with Gasteiger partial charge in [0.05, 0.1) is 6.04 Å². The first-order valence-electron chi connectivity index (χ1n) is 6.59. The molecule has 0 bridgehead atoms. The number of fused-ring (bicyclic) bond motifs is 1. The van der Waals surface area contributed by atoms with Crippen LogP contribution in [0.25, 0.3) is 10.8 Å². The maximum atomic E-state index is 6.38. The van der Waals surface area contributed by atoms with Gasteiger partial charge in [0, 0.05) is 0 Å². The second-order valence-electron chi connectivity index (χ2n) is 4.46. The van der Waals surface area contributed by atoms with E-state index in [9.17, 15) is 0 Å². The molecule has 20 heavy (non-hydrogen) atoms. The van der Waals surface area contributed by atoms with Crippen molar-refractivity contribution in [2.24, 2.45) is 5.73 Å². The van der Waals surface area contributed by atoms with E-state index in [1.807, 2.05) is 18.2 Å². The molecule has 0 aromatic heterocycles. The van der Waals surface area contributed by atoms with Crippen LogP contribution in [0.1, 0.15) is 17.2 Å². The third kappa shape index (κ3) is 3.03. The summed E-state index contributed by atoms with van der Waals surface area (Å²) in [5, 5.41) is 2.47. The molecule has 0 aliphatic rings. The Balaban J connectivity index is 0.000000704. The first kappa shape index (κ1) is 14.6. The molecule has 0 aliphatic carbocycles. The fourth-order valence-corrected chi connectivity index (χ4v) is 2.36. The van der Waals surface area contributed by atoms with Crippen LogP contribution in [0.5, 0.6) is 0 Å². The minimum Gasteiger partial charge on any atom is -0.320 e. The van der Waals surface area contributed by atoms with Gasteiger partial charge in [0.1, 0.15) is 0 Å². The van der Waals surface area contributed by atoms with E-state index in [2.05, 4.69) is 67.2 Å². The van der Waals surface area contributed by atoms with Crippen LogP contribution < -0.4 is 5.73 Å². The van der Waals surface area contributed by atoms with Gasteiger partial charge in [-0.05, 0) is 28.2 Å². The summed E-state index contributed by atoms with van der Waals surface area (Å²) in [7, 11) is 0. The topological polar surface area (TPSA) is 26.0 Å². The number of benzene rings is 3. The Morgan fingerprint density at radius 3 is 2.10 bits per heavy atom. The second-order valence-corrected chi connectivity index (χ2v) is 4.46. The lowest BCUT2D eigenvalue weighted by Gasteiger charge is -2.15. The average Bonchev–Trinajstić information content (AvgIpc) is 2.56. The molecule has 1 nitrogen and oxygen atoms in total. The third-order valence-corrected chi connectivity index (χ3v) is 3.32. The van der Waals surface area contributed by atoms with Gasteiger partial charge in [-0.1, -0.05) is 72.8 Å². The Bertz CT molecular complexity index is 659. The molecular formula is C18H19NS. The minimum absolute atomic E-state index is 0.0719. The second kappa shape index (κ2) is 7.13. The van der Waals surface area contributed by atoms with E-state index in [4.69, 9.17) is 5.73 Å². The molecule has 2 N–H and O–H groups in total. The van der Waals surface area contributed by atoms with Gasteiger partial charge in [-0.15, -0.1) is 0 Å². The van der Waals surface area contributed by atoms with Crippen molar-refractivity contribution in [1.29, 1.82) is 0 Å². The lowest BCUT2D eigenvalue weighted by Crippen LogP contribution is -2.11. The Kier molecular flexibility index (Phi) is 5.22. The molecule has 3 aromatic rings. The molecule has 0 aliphatic heterocycles. The van der Waals surface area contributed by atoms with Crippen LogP contribution in [-0.2, 0) is 0 Å². The van der Waals surface area contributed by atoms with Crippen LogP contribution in [0.3, 0.4) is 0 Å². The Morgan fingerprint density at radius 1 is 0.750 bits per heavy atom. The Morgan fingerprint density at radius 2 is 1.35 bits per heavy atom. The number of rotatable bonds is 2. The Labute approximate surface area is 125 Å². The van der Waals surface area contributed by atoms with E-state index in [1.54, 1.807) is 6.26 Å². The van der Waals surface area contributed by atoms with E-state index >= 15 is 0 Å². The van der Waals surface area contributed by atoms with Crippen molar-refractivity contribution in [2.75, 3.05) is 6.26 Å². The van der Waals surface area contributed by atoms with Crippen LogP contribution in [0.15, 0.2) is 72.8 Å². The van der Waals surface area contributed by atoms with Crippen LogP contribution in [0.4, 0.5) is 0 Å². The molecule has 0 saturated heterocycles. The monoisotopic (exact) mass is 281 g/mol. The van der Waals surface area contributed by atoms with Gasteiger partial charge in [-0.3, -0.25) is 0 Å². The van der Waals surface area contributed by atoms with Crippen molar-refractivity contribution in [2.45, 2.75) is 6.04 Å². The van der Waals surface area contributed by atoms with E-state index < -0.39 is 0 Å². The van der Waals surface area contributed by atoms with Gasteiger partial charge in [-0.25, -0.2) is 0 Å². The van der Waals surface area contributed by atoms with Crippen LogP contribution in [-0.4, -0.2) is 6.26 Å². The standard InChI is InChI=1S/C17H15N.CH4S/c18-17(14-8-2-1-3-9-14)16-12-6-10-13-7-4-5-11-15(13)16;1-2/h1-12,17H,18H2;2H,1H3. The molecule has 0 radical (unpaired) electrons. The van der Waals surface area contributed by atoms with Crippen molar-refractivity contribution >= 4 is 23.4 Å². The summed E-state index contributed by atoms with van der Waals surface area (Å²) in [6.45, 7) is 0. The van der Waals surface area contributed by atoms with Crippen LogP contribution in [0.2, 0.25) is 0 Å². The zero-order valence-corrected chi connectivity index (χ0v) is 12.4. The quantitative estimate of drug-likeness (QED) is 0.668. The first-order chi connectivity index (χ1) is 9.86. The van der Waals surface area contributed by atoms with Gasteiger partial charge in [0.2, 0.25) is 0 Å². The molecule has 0 amide bonds. The molecule has 1 unspecified atom stereocenters. The van der Waals surface area contributed by atoms with E-state index in [0.29, 0.717) is 0 Å². The maximum absolute atomic E-state index is 6.38. The van der Waals surface area contributed by atoms with E-state index in [0.717, 1.165) is 5.56 Å². The molecule has 0 spiro atoms. The average molecular weight is 281 g/mol. The van der Waals surface area contributed by atoms with Gasteiger partial charge in [0.25, 0.3) is 0 Å². The minimum atomic E-state index is -0.0719. The summed E-state index contributed by atoms with van der Waals surface area (Å²) in [4.78, 5) is 0. The molecule has 102 valence electrons. The van der Waals surface area contributed by atoms with E-state index in [1.165, 1.54) is 16.3 Å². The summed E-state index contributed by atoms with van der Waals surface area (Å²) < 4.78 is 0. The summed E-state index contributed by atoms with van der Waals surface area (Å²) in [6, 6.07) is 24.8. The predicted octanol–water partition coefficient (Wildman–Crippen LogP) is 4.43. The molecule has 0 fully saturated rings. The number of hydrogen-bond acceptors (Lipinski definition) is 2. The number of hydrogen-bond donors (Lipinski definition) is 2. The third-order valence-electron chi connectivity index (χ3n) is 3.32. The highest BCUT2D eigenvalue weighted by atomic mass is 32.1. The smallest absolute Gasteiger partial charge is 0.0557 e. The van der Waals surface area contributed by atoms with Crippen LogP contribution in [0, 0.1) is 0 Å². The Hall–Kier alpha value is -1.77. The molecule has 0 saturated carbocycles. The van der Waals surface area contributed by atoms with Crippen molar-refractivity contribution in [3.8, 4) is 0 Å². The van der Waals surface area contributed by atoms with Crippen LogP contribution >= 0.6 is 12.6 Å². The molecule has 3 rings (SSSR count). The molecule has 2 heteroatoms. The van der Waals surface area contributed by atoms with Crippen molar-refractivity contribution in [1.82, 2.24) is 0 Å². The fourth-order valence-electron chi connectivity index (χ4n) is 2.36. The molecular weight excluding hydrogens is 262 g/mol. The van der Waals surface area contributed by atoms with Gasteiger partial charge >= 0.3 is 0 Å². The van der Waals surface area contributed by atoms with E-state index in [-0.39, 0.29) is 6.04 Å². The van der Waals surface area contributed by atoms with Crippen molar-refractivity contribution in [3.63, 3.8) is 0 Å². The van der Waals surface area contributed by atoms with Gasteiger partial charge in [-0.2, -0.15) is 12.6 Å². The van der Waals surface area contributed by atoms with Gasteiger partial charge in [0.15, 0.2) is 0 Å². The van der Waals surface area contributed by atoms with Crippen molar-refractivity contribution in [3.05, 3.63) is 83.9 Å². The van der Waals surface area contributed by atoms with Crippen molar-refractivity contribution < 1.29 is 0 Å². The van der Waals surface area contributed by atoms with Gasteiger partial charge < -0.3 is 5.73 Å². The lowest BCUT2D eigenvalue weighted by molar-refractivity contribution is 0.881. The molecule has 0 heterocycles. The fraction of sp³-hybridized carbons (Fsp3) is 0.111. The number of nitrogens with two attached hydrogens (primary N) is 1. The largest absolute Gasteiger partial charge is 0.320 e. The summed E-state index contributed by atoms with van der Waals surface area (Å²) in [5.41, 5.74) is 8.71. The highest BCUT2D eigenvalue weighted by molar-refractivity contribution is 7.79. The normalized spacial score (nSPS) is 11.6. The molecule has 1 atom stereocenters. The maximum Gasteiger partial charge on any atom is 0.0557 e. The summed E-state index contributed by atoms with van der Waals surface area (Å²) in [6.07, 6.45) is 1.69. The summed E-state index contributed by atoms with van der Waals surface area (Å²) >= 11 is 3.53. The zero-order chi connectivity index (χ0) is 14.4. The number of thiol groups is 1. The first-order valence-corrected chi connectivity index (χ1v) is 7.48. The predicted molar refractivity (Wildman–Crippen MR) is 91.3 cm³/mol. The zero-order valence-electron chi connectivity index (χ0n) is 11.5. The highest BCUT2D eigenvalue weighted by Crippen LogP contribution is 2.26. The summed E-state index contributed by atoms with van der Waals surface area (Å²) in [5.74, 6) is 0.